The summed E-state index contributed by atoms with van der Waals surface area (Å²) in [6, 6.07) is 15.2. The van der Waals surface area contributed by atoms with Crippen molar-refractivity contribution in [3.05, 3.63) is 65.7 Å². The lowest BCUT2D eigenvalue weighted by molar-refractivity contribution is -0.119. The van der Waals surface area contributed by atoms with E-state index < -0.39 is 0 Å². The van der Waals surface area contributed by atoms with E-state index in [1.807, 2.05) is 42.5 Å². The molecule has 1 amide bonds. The number of benzene rings is 2. The Kier molecular flexibility index (Phi) is 4.25. The van der Waals surface area contributed by atoms with Crippen LogP contribution < -0.4 is 10.9 Å². The number of fused-ring (bicyclic) bond motifs is 2. The standard InChI is InChI=1S/C18H13N3O2S2/c22-15-9-14(11-5-1-2-6-12(11)15)20-21-17(23)10-24-18-19-13-7-3-4-8-16(13)25-18/h1-9,20H,10H2,(H,21,23). The molecule has 1 heterocycles. The van der Waals surface area contributed by atoms with Gasteiger partial charge in [0.05, 0.1) is 21.7 Å². The van der Waals surface area contributed by atoms with Crippen LogP contribution in [0.5, 0.6) is 0 Å². The van der Waals surface area contributed by atoms with Crippen molar-refractivity contribution in [1.82, 2.24) is 15.8 Å². The molecular formula is C18H13N3O2S2. The number of allylic oxidation sites excluding steroid dienone is 1. The predicted octanol–water partition coefficient (Wildman–Crippen LogP) is 3.25. The largest absolute Gasteiger partial charge is 0.298 e. The average molecular weight is 367 g/mol. The average Bonchev–Trinajstić information content (AvgIpc) is 3.19. The molecule has 124 valence electrons. The SMILES string of the molecule is O=C(CSc1nc2ccccc2s1)NNC1=CC(=O)c2ccccc21. The number of nitrogens with one attached hydrogen (secondary N) is 2. The molecule has 0 unspecified atom stereocenters. The fourth-order valence-electron chi connectivity index (χ4n) is 2.54. The Morgan fingerprint density at radius 2 is 1.84 bits per heavy atom. The van der Waals surface area contributed by atoms with Gasteiger partial charge in [0.15, 0.2) is 10.1 Å². The number of aromatic nitrogens is 1. The summed E-state index contributed by atoms with van der Waals surface area (Å²) in [5.41, 5.74) is 8.47. The molecule has 2 aromatic carbocycles. The molecule has 1 aliphatic carbocycles. The summed E-state index contributed by atoms with van der Waals surface area (Å²) in [5.74, 6) is 0.00794. The zero-order valence-electron chi connectivity index (χ0n) is 13.0. The lowest BCUT2D eigenvalue weighted by Crippen LogP contribution is -2.37. The molecule has 2 N–H and O–H groups in total. The molecule has 25 heavy (non-hydrogen) atoms. The van der Waals surface area contributed by atoms with E-state index in [0.717, 1.165) is 20.1 Å². The summed E-state index contributed by atoms with van der Waals surface area (Å²) >= 11 is 2.96. The van der Waals surface area contributed by atoms with Crippen LogP contribution >= 0.6 is 23.1 Å². The Balaban J connectivity index is 1.34. The second kappa shape index (κ2) is 6.70. The minimum absolute atomic E-state index is 0.0591. The van der Waals surface area contributed by atoms with Crippen LogP contribution in [-0.2, 0) is 4.79 Å². The molecule has 7 heteroatoms. The summed E-state index contributed by atoms with van der Waals surface area (Å²) < 4.78 is 1.96. The molecule has 0 bridgehead atoms. The molecule has 1 aliphatic rings. The van der Waals surface area contributed by atoms with E-state index in [-0.39, 0.29) is 17.4 Å². The molecule has 4 rings (SSSR count). The number of hydrogen-bond acceptors (Lipinski definition) is 6. The van der Waals surface area contributed by atoms with E-state index in [2.05, 4.69) is 15.8 Å². The lowest BCUT2D eigenvalue weighted by atomic mass is 10.1. The van der Waals surface area contributed by atoms with E-state index in [1.165, 1.54) is 17.8 Å². The fraction of sp³-hybridized carbons (Fsp3) is 0.0556. The highest BCUT2D eigenvalue weighted by Gasteiger charge is 2.20. The number of rotatable bonds is 5. The highest BCUT2D eigenvalue weighted by molar-refractivity contribution is 8.01. The lowest BCUT2D eigenvalue weighted by Gasteiger charge is -2.09. The van der Waals surface area contributed by atoms with Gasteiger partial charge in [0.1, 0.15) is 0 Å². The van der Waals surface area contributed by atoms with Gasteiger partial charge in [-0.1, -0.05) is 48.2 Å². The highest BCUT2D eigenvalue weighted by Crippen LogP contribution is 2.29. The molecular weight excluding hydrogens is 354 g/mol. The zero-order valence-corrected chi connectivity index (χ0v) is 14.6. The van der Waals surface area contributed by atoms with Gasteiger partial charge in [-0.3, -0.25) is 20.4 Å². The zero-order chi connectivity index (χ0) is 17.2. The fourth-order valence-corrected chi connectivity index (χ4v) is 4.40. The number of amides is 1. The van der Waals surface area contributed by atoms with Crippen LogP contribution in [0.4, 0.5) is 0 Å². The third-order valence-corrected chi connectivity index (χ3v) is 5.88. The van der Waals surface area contributed by atoms with Crippen LogP contribution in [0.25, 0.3) is 15.9 Å². The minimum atomic E-state index is -0.179. The topological polar surface area (TPSA) is 71.1 Å². The van der Waals surface area contributed by atoms with Crippen LogP contribution in [-0.4, -0.2) is 22.4 Å². The molecule has 0 spiro atoms. The Hall–Kier alpha value is -2.64. The normalized spacial score (nSPS) is 12.8. The van der Waals surface area contributed by atoms with Crippen LogP contribution in [0.15, 0.2) is 58.9 Å². The van der Waals surface area contributed by atoms with Crippen molar-refractivity contribution in [2.24, 2.45) is 0 Å². The first-order valence-corrected chi connectivity index (χ1v) is 9.39. The maximum absolute atomic E-state index is 12.1. The van der Waals surface area contributed by atoms with Crippen LogP contribution in [0.2, 0.25) is 0 Å². The van der Waals surface area contributed by atoms with E-state index >= 15 is 0 Å². The molecule has 0 saturated carbocycles. The molecule has 5 nitrogen and oxygen atoms in total. The smallest absolute Gasteiger partial charge is 0.248 e. The first-order chi connectivity index (χ1) is 12.2. The van der Waals surface area contributed by atoms with E-state index in [0.29, 0.717) is 11.3 Å². The summed E-state index contributed by atoms with van der Waals surface area (Å²) in [7, 11) is 0. The van der Waals surface area contributed by atoms with Crippen molar-refractivity contribution in [3.8, 4) is 0 Å². The van der Waals surface area contributed by atoms with Crippen molar-refractivity contribution in [2.75, 3.05) is 5.75 Å². The number of nitrogens with zero attached hydrogens (tertiary/aromatic N) is 1. The van der Waals surface area contributed by atoms with E-state index in [1.54, 1.807) is 17.4 Å². The molecule has 0 fully saturated rings. The molecule has 1 aromatic heterocycles. The number of carbonyl (C=O) groups is 2. The Labute approximate surface area is 152 Å². The summed E-state index contributed by atoms with van der Waals surface area (Å²) in [6.07, 6.45) is 1.49. The second-order valence-electron chi connectivity index (χ2n) is 5.38. The third-order valence-electron chi connectivity index (χ3n) is 3.70. The van der Waals surface area contributed by atoms with Crippen molar-refractivity contribution in [2.45, 2.75) is 4.34 Å². The number of para-hydroxylation sites is 1. The van der Waals surface area contributed by atoms with Gasteiger partial charge < -0.3 is 0 Å². The van der Waals surface area contributed by atoms with Crippen molar-refractivity contribution >= 4 is 50.7 Å². The highest BCUT2D eigenvalue weighted by atomic mass is 32.2. The van der Waals surface area contributed by atoms with Gasteiger partial charge in [0.25, 0.3) is 0 Å². The number of hydrazine groups is 1. The van der Waals surface area contributed by atoms with Crippen molar-refractivity contribution in [3.63, 3.8) is 0 Å². The maximum Gasteiger partial charge on any atom is 0.248 e. The quantitative estimate of drug-likeness (QED) is 0.535. The van der Waals surface area contributed by atoms with E-state index in [9.17, 15) is 9.59 Å². The van der Waals surface area contributed by atoms with Gasteiger partial charge in [-0.05, 0) is 12.1 Å². The maximum atomic E-state index is 12.1. The number of thioether (sulfide) groups is 1. The second-order valence-corrected chi connectivity index (χ2v) is 7.63. The molecule has 0 atom stereocenters. The van der Waals surface area contributed by atoms with Gasteiger partial charge in [0.2, 0.25) is 5.91 Å². The minimum Gasteiger partial charge on any atom is -0.298 e. The van der Waals surface area contributed by atoms with Crippen LogP contribution in [0.1, 0.15) is 15.9 Å². The molecule has 0 aliphatic heterocycles. The van der Waals surface area contributed by atoms with Gasteiger partial charge in [0, 0.05) is 17.2 Å². The van der Waals surface area contributed by atoms with Gasteiger partial charge in [-0.15, -0.1) is 11.3 Å². The van der Waals surface area contributed by atoms with Gasteiger partial charge in [-0.2, -0.15) is 0 Å². The Bertz CT molecular complexity index is 977. The van der Waals surface area contributed by atoms with E-state index in [4.69, 9.17) is 0 Å². The Morgan fingerprint density at radius 3 is 2.68 bits per heavy atom. The first-order valence-electron chi connectivity index (χ1n) is 7.59. The summed E-state index contributed by atoms with van der Waals surface area (Å²) in [4.78, 5) is 28.4. The van der Waals surface area contributed by atoms with Crippen LogP contribution in [0, 0.1) is 0 Å². The summed E-state index contributed by atoms with van der Waals surface area (Å²) in [6.45, 7) is 0. The predicted molar refractivity (Wildman–Crippen MR) is 100 cm³/mol. The number of carbonyl (C=O) groups excluding carboxylic acids is 2. The third kappa shape index (κ3) is 3.29. The van der Waals surface area contributed by atoms with Crippen molar-refractivity contribution < 1.29 is 9.59 Å². The van der Waals surface area contributed by atoms with Gasteiger partial charge >= 0.3 is 0 Å². The molecule has 3 aromatic rings. The first kappa shape index (κ1) is 15.9. The van der Waals surface area contributed by atoms with Crippen molar-refractivity contribution in [1.29, 1.82) is 0 Å². The number of ketones is 1. The molecule has 0 saturated heterocycles. The Morgan fingerprint density at radius 1 is 1.08 bits per heavy atom. The monoisotopic (exact) mass is 367 g/mol. The summed E-state index contributed by atoms with van der Waals surface area (Å²) in [5, 5.41) is 0. The number of hydrogen-bond donors (Lipinski definition) is 2. The van der Waals surface area contributed by atoms with Crippen LogP contribution in [0.3, 0.4) is 0 Å². The molecule has 0 radical (unpaired) electrons. The van der Waals surface area contributed by atoms with Gasteiger partial charge in [-0.25, -0.2) is 4.98 Å². The number of thiazole rings is 1.